The van der Waals surface area contributed by atoms with Crippen LogP contribution < -0.4 is 9.64 Å². The number of hydrogen-bond acceptors (Lipinski definition) is 6. The minimum Gasteiger partial charge on any atom is -0.497 e. The van der Waals surface area contributed by atoms with Gasteiger partial charge in [0.2, 0.25) is 16.0 Å². The lowest BCUT2D eigenvalue weighted by atomic mass is 10.0. The monoisotopic (exact) mass is 404 g/mol. The molecular formula is C20H28N4O3S. The Balaban J connectivity index is 1.94. The molecule has 0 aliphatic carbocycles. The fraction of sp³-hybridized carbons (Fsp3) is 0.500. The largest absolute Gasteiger partial charge is 0.497 e. The van der Waals surface area contributed by atoms with E-state index in [9.17, 15) is 8.42 Å². The number of benzene rings is 1. The van der Waals surface area contributed by atoms with Gasteiger partial charge in [-0.3, -0.25) is 0 Å². The molecule has 28 heavy (non-hydrogen) atoms. The van der Waals surface area contributed by atoms with Crippen LogP contribution in [0.15, 0.2) is 30.3 Å². The van der Waals surface area contributed by atoms with Gasteiger partial charge in [-0.2, -0.15) is 0 Å². The van der Waals surface area contributed by atoms with Crippen LogP contribution in [0.2, 0.25) is 0 Å². The smallest absolute Gasteiger partial charge is 0.225 e. The lowest BCUT2D eigenvalue weighted by molar-refractivity contribution is 0.415. The highest BCUT2D eigenvalue weighted by Gasteiger charge is 2.34. The van der Waals surface area contributed by atoms with Crippen molar-refractivity contribution >= 4 is 16.0 Å². The quantitative estimate of drug-likeness (QED) is 0.737. The third kappa shape index (κ3) is 4.12. The van der Waals surface area contributed by atoms with Crippen molar-refractivity contribution < 1.29 is 13.2 Å². The SMILES string of the molecule is COc1ccc(-c2cc([C@@H]3CCN(S(=O)(=O)C(C)C)C3)nc(N(C)C)n2)cc1. The van der Waals surface area contributed by atoms with Crippen LogP contribution in [0.1, 0.15) is 31.9 Å². The van der Waals surface area contributed by atoms with Crippen LogP contribution in [-0.2, 0) is 10.0 Å². The Labute approximate surface area is 167 Å². The molecule has 2 heterocycles. The molecule has 0 bridgehead atoms. The first-order valence-electron chi connectivity index (χ1n) is 9.42. The Kier molecular flexibility index (Phi) is 5.90. The first-order valence-corrected chi connectivity index (χ1v) is 10.9. The zero-order chi connectivity index (χ0) is 20.5. The molecule has 1 saturated heterocycles. The molecule has 0 radical (unpaired) electrons. The second-order valence-corrected chi connectivity index (χ2v) is 10.0. The van der Waals surface area contributed by atoms with E-state index in [1.54, 1.807) is 25.3 Å². The van der Waals surface area contributed by atoms with Crippen LogP contribution in [0, 0.1) is 0 Å². The van der Waals surface area contributed by atoms with E-state index >= 15 is 0 Å². The average Bonchev–Trinajstić information content (AvgIpc) is 3.18. The maximum atomic E-state index is 12.5. The number of aromatic nitrogens is 2. The van der Waals surface area contributed by atoms with E-state index in [1.807, 2.05) is 49.3 Å². The number of rotatable bonds is 6. The number of methoxy groups -OCH3 is 1. The highest BCUT2D eigenvalue weighted by molar-refractivity contribution is 7.89. The summed E-state index contributed by atoms with van der Waals surface area (Å²) in [5.74, 6) is 1.47. The van der Waals surface area contributed by atoms with Gasteiger partial charge >= 0.3 is 0 Å². The van der Waals surface area contributed by atoms with Gasteiger partial charge in [0, 0.05) is 38.7 Å². The normalized spacial score (nSPS) is 17.9. The van der Waals surface area contributed by atoms with E-state index in [-0.39, 0.29) is 5.92 Å². The molecule has 0 unspecified atom stereocenters. The van der Waals surface area contributed by atoms with Gasteiger partial charge in [0.15, 0.2) is 0 Å². The molecule has 0 N–H and O–H groups in total. The summed E-state index contributed by atoms with van der Waals surface area (Å²) in [5.41, 5.74) is 2.67. The number of sulfonamides is 1. The maximum Gasteiger partial charge on any atom is 0.225 e. The zero-order valence-corrected chi connectivity index (χ0v) is 17.9. The molecule has 7 nitrogen and oxygen atoms in total. The Morgan fingerprint density at radius 3 is 2.43 bits per heavy atom. The van der Waals surface area contributed by atoms with E-state index < -0.39 is 15.3 Å². The van der Waals surface area contributed by atoms with Crippen molar-refractivity contribution in [1.82, 2.24) is 14.3 Å². The lowest BCUT2D eigenvalue weighted by Crippen LogP contribution is -2.34. The summed E-state index contributed by atoms with van der Waals surface area (Å²) < 4.78 is 31.8. The molecule has 0 amide bonds. The topological polar surface area (TPSA) is 75.6 Å². The summed E-state index contributed by atoms with van der Waals surface area (Å²) in [4.78, 5) is 11.2. The first-order chi connectivity index (χ1) is 13.2. The molecule has 3 rings (SSSR count). The highest BCUT2D eigenvalue weighted by atomic mass is 32.2. The Bertz CT molecular complexity index is 927. The summed E-state index contributed by atoms with van der Waals surface area (Å²) in [5, 5.41) is -0.413. The Morgan fingerprint density at radius 2 is 1.86 bits per heavy atom. The van der Waals surface area contributed by atoms with Gasteiger partial charge in [0.05, 0.1) is 23.7 Å². The van der Waals surface area contributed by atoms with E-state index in [1.165, 1.54) is 0 Å². The molecule has 1 fully saturated rings. The van der Waals surface area contributed by atoms with Gasteiger partial charge in [0.1, 0.15) is 5.75 Å². The molecule has 1 aromatic heterocycles. The molecule has 2 aromatic rings. The van der Waals surface area contributed by atoms with Crippen molar-refractivity contribution in [3.05, 3.63) is 36.0 Å². The third-order valence-electron chi connectivity index (χ3n) is 5.04. The summed E-state index contributed by atoms with van der Waals surface area (Å²) in [7, 11) is 2.20. The van der Waals surface area contributed by atoms with Gasteiger partial charge in [-0.25, -0.2) is 22.7 Å². The minimum absolute atomic E-state index is 0.0622. The summed E-state index contributed by atoms with van der Waals surface area (Å²) >= 11 is 0. The lowest BCUT2D eigenvalue weighted by Gasteiger charge is -2.20. The number of ether oxygens (including phenoxy) is 1. The van der Waals surface area contributed by atoms with E-state index in [0.29, 0.717) is 19.0 Å². The first kappa shape index (κ1) is 20.5. The second kappa shape index (κ2) is 8.05. The van der Waals surface area contributed by atoms with Crippen molar-refractivity contribution in [2.24, 2.45) is 0 Å². The molecule has 1 aliphatic rings. The van der Waals surface area contributed by atoms with Gasteiger partial charge in [0.25, 0.3) is 0 Å². The molecular weight excluding hydrogens is 376 g/mol. The van der Waals surface area contributed by atoms with Crippen molar-refractivity contribution in [2.45, 2.75) is 31.4 Å². The Hall–Kier alpha value is -2.19. The molecule has 0 spiro atoms. The number of hydrogen-bond donors (Lipinski definition) is 0. The third-order valence-corrected chi connectivity index (χ3v) is 7.29. The standard InChI is InChI=1S/C20H28N4O3S/c1-14(2)28(25,26)24-11-10-16(13-24)19-12-18(21-20(22-19)23(3)4)15-6-8-17(27-5)9-7-15/h6-9,12,14,16H,10-11,13H2,1-5H3/t16-/m1/s1. The number of anilines is 1. The second-order valence-electron chi connectivity index (χ2n) is 7.54. The van der Waals surface area contributed by atoms with Crippen molar-refractivity contribution in [3.63, 3.8) is 0 Å². The van der Waals surface area contributed by atoms with Crippen LogP contribution in [-0.4, -0.2) is 62.2 Å². The van der Waals surface area contributed by atoms with Crippen molar-refractivity contribution in [2.75, 3.05) is 39.2 Å². The average molecular weight is 405 g/mol. The van der Waals surface area contributed by atoms with Crippen molar-refractivity contribution in [1.29, 1.82) is 0 Å². The van der Waals surface area contributed by atoms with Crippen LogP contribution in [0.4, 0.5) is 5.95 Å². The summed E-state index contributed by atoms with van der Waals surface area (Å²) in [6, 6.07) is 9.71. The predicted molar refractivity (Wildman–Crippen MR) is 111 cm³/mol. The molecule has 8 heteroatoms. The molecule has 152 valence electrons. The Morgan fingerprint density at radius 1 is 1.18 bits per heavy atom. The van der Waals surface area contributed by atoms with Crippen LogP contribution >= 0.6 is 0 Å². The van der Waals surface area contributed by atoms with Crippen molar-refractivity contribution in [3.8, 4) is 17.0 Å². The van der Waals surface area contributed by atoms with E-state index in [4.69, 9.17) is 9.72 Å². The fourth-order valence-corrected chi connectivity index (χ4v) is 4.61. The van der Waals surface area contributed by atoms with Crippen LogP contribution in [0.25, 0.3) is 11.3 Å². The maximum absolute atomic E-state index is 12.5. The van der Waals surface area contributed by atoms with Gasteiger partial charge in [-0.05, 0) is 50.6 Å². The number of nitrogens with zero attached hydrogens (tertiary/aromatic N) is 4. The summed E-state index contributed by atoms with van der Waals surface area (Å²) in [6.07, 6.45) is 0.762. The molecule has 1 aliphatic heterocycles. The van der Waals surface area contributed by atoms with Gasteiger partial charge in [-0.1, -0.05) is 0 Å². The highest BCUT2D eigenvalue weighted by Crippen LogP contribution is 2.32. The van der Waals surface area contributed by atoms with E-state index in [2.05, 4.69) is 4.98 Å². The summed E-state index contributed by atoms with van der Waals surface area (Å²) in [6.45, 7) is 4.44. The predicted octanol–water partition coefficient (Wildman–Crippen LogP) is 2.75. The molecule has 1 aromatic carbocycles. The molecule has 1 atom stereocenters. The van der Waals surface area contributed by atoms with Crippen LogP contribution in [0.3, 0.4) is 0 Å². The molecule has 0 saturated carbocycles. The zero-order valence-electron chi connectivity index (χ0n) is 17.1. The van der Waals surface area contributed by atoms with E-state index in [0.717, 1.165) is 29.1 Å². The van der Waals surface area contributed by atoms with Gasteiger partial charge in [-0.15, -0.1) is 0 Å². The van der Waals surface area contributed by atoms with Gasteiger partial charge < -0.3 is 9.64 Å². The minimum atomic E-state index is -3.25. The van der Waals surface area contributed by atoms with Crippen LogP contribution in [0.5, 0.6) is 5.75 Å². The fourth-order valence-electron chi connectivity index (χ4n) is 3.27.